The summed E-state index contributed by atoms with van der Waals surface area (Å²) in [6.45, 7) is 0.602. The lowest BCUT2D eigenvalue weighted by molar-refractivity contribution is 0.0594. The second kappa shape index (κ2) is 4.36. The molecule has 0 spiro atoms. The fraction of sp³-hybridized carbons (Fsp3) is 0.200. The minimum Gasteiger partial charge on any atom is -0.464 e. The zero-order chi connectivity index (χ0) is 11.5. The fourth-order valence-corrected chi connectivity index (χ4v) is 2.00. The van der Waals surface area contributed by atoms with Gasteiger partial charge in [-0.2, -0.15) is 16.4 Å². The van der Waals surface area contributed by atoms with E-state index in [1.54, 1.807) is 22.2 Å². The van der Waals surface area contributed by atoms with E-state index in [2.05, 4.69) is 9.84 Å². The van der Waals surface area contributed by atoms with E-state index in [9.17, 15) is 4.79 Å². The number of nitrogen functional groups attached to an aromatic ring is 1. The third kappa shape index (κ3) is 2.06. The van der Waals surface area contributed by atoms with E-state index in [1.807, 2.05) is 16.8 Å². The summed E-state index contributed by atoms with van der Waals surface area (Å²) in [6.07, 6.45) is 1.63. The third-order valence-corrected chi connectivity index (χ3v) is 2.83. The van der Waals surface area contributed by atoms with Crippen molar-refractivity contribution in [1.29, 1.82) is 0 Å². The molecule has 2 N–H and O–H groups in total. The van der Waals surface area contributed by atoms with Crippen molar-refractivity contribution in [3.8, 4) is 0 Å². The molecule has 0 amide bonds. The summed E-state index contributed by atoms with van der Waals surface area (Å²) in [5.41, 5.74) is 7.29. The maximum absolute atomic E-state index is 11.3. The van der Waals surface area contributed by atoms with Gasteiger partial charge in [0.2, 0.25) is 0 Å². The van der Waals surface area contributed by atoms with Gasteiger partial charge in [-0.05, 0) is 22.4 Å². The van der Waals surface area contributed by atoms with Gasteiger partial charge in [-0.3, -0.25) is 4.68 Å². The molecule has 0 aromatic carbocycles. The Morgan fingerprint density at radius 2 is 2.50 bits per heavy atom. The summed E-state index contributed by atoms with van der Waals surface area (Å²) in [5, 5.41) is 8.09. The Kier molecular flexibility index (Phi) is 2.91. The van der Waals surface area contributed by atoms with Gasteiger partial charge in [0.15, 0.2) is 5.69 Å². The quantitative estimate of drug-likeness (QED) is 0.818. The second-order valence-electron chi connectivity index (χ2n) is 3.25. The molecular weight excluding hydrogens is 226 g/mol. The Hall–Kier alpha value is -1.82. The van der Waals surface area contributed by atoms with Crippen LogP contribution in [0.2, 0.25) is 0 Å². The van der Waals surface area contributed by atoms with Crippen LogP contribution in [0.1, 0.15) is 16.1 Å². The Morgan fingerprint density at radius 1 is 1.69 bits per heavy atom. The SMILES string of the molecule is COC(=O)c1nn(Cc2ccsc2)cc1N. The first-order valence-corrected chi connectivity index (χ1v) is 5.57. The molecule has 2 aromatic heterocycles. The number of hydrogen-bond acceptors (Lipinski definition) is 5. The van der Waals surface area contributed by atoms with E-state index in [0.29, 0.717) is 12.2 Å². The number of carbonyl (C=O) groups is 1. The summed E-state index contributed by atoms with van der Waals surface area (Å²) in [5.74, 6) is -0.512. The molecule has 2 aromatic rings. The molecule has 0 unspecified atom stereocenters. The minimum atomic E-state index is -0.512. The topological polar surface area (TPSA) is 70.1 Å². The normalized spacial score (nSPS) is 10.3. The molecule has 0 saturated carbocycles. The highest BCUT2D eigenvalue weighted by Crippen LogP contribution is 2.13. The molecule has 5 nitrogen and oxygen atoms in total. The van der Waals surface area contributed by atoms with Crippen LogP contribution in [0.3, 0.4) is 0 Å². The number of ether oxygens (including phenoxy) is 1. The highest BCUT2D eigenvalue weighted by atomic mass is 32.1. The molecule has 0 aliphatic heterocycles. The molecule has 2 rings (SSSR count). The molecule has 16 heavy (non-hydrogen) atoms. The van der Waals surface area contributed by atoms with Crippen molar-refractivity contribution in [3.05, 3.63) is 34.3 Å². The number of nitrogens with zero attached hydrogens (tertiary/aromatic N) is 2. The van der Waals surface area contributed by atoms with Crippen LogP contribution in [0, 0.1) is 0 Å². The molecule has 0 atom stereocenters. The van der Waals surface area contributed by atoms with Gasteiger partial charge < -0.3 is 10.5 Å². The average molecular weight is 237 g/mol. The fourth-order valence-electron chi connectivity index (χ4n) is 1.34. The molecule has 0 saturated heterocycles. The van der Waals surface area contributed by atoms with Crippen molar-refractivity contribution in [2.45, 2.75) is 6.54 Å². The van der Waals surface area contributed by atoms with Gasteiger partial charge in [0.05, 0.1) is 19.3 Å². The number of aromatic nitrogens is 2. The third-order valence-electron chi connectivity index (χ3n) is 2.09. The molecular formula is C10H11N3O2S. The lowest BCUT2D eigenvalue weighted by Gasteiger charge is -1.97. The van der Waals surface area contributed by atoms with Crippen LogP contribution in [0.15, 0.2) is 23.0 Å². The van der Waals surface area contributed by atoms with Crippen molar-refractivity contribution < 1.29 is 9.53 Å². The molecule has 0 bridgehead atoms. The van der Waals surface area contributed by atoms with Crippen LogP contribution in [-0.2, 0) is 11.3 Å². The second-order valence-corrected chi connectivity index (χ2v) is 4.03. The number of methoxy groups -OCH3 is 1. The molecule has 0 aliphatic rings. The van der Waals surface area contributed by atoms with Gasteiger partial charge in [-0.15, -0.1) is 0 Å². The Bertz CT molecular complexity index is 490. The smallest absolute Gasteiger partial charge is 0.360 e. The summed E-state index contributed by atoms with van der Waals surface area (Å²) >= 11 is 1.62. The first kappa shape index (κ1) is 10.7. The van der Waals surface area contributed by atoms with Crippen LogP contribution in [0.4, 0.5) is 5.69 Å². The number of rotatable bonds is 3. The minimum absolute atomic E-state index is 0.165. The number of esters is 1. The van der Waals surface area contributed by atoms with Crippen molar-refractivity contribution in [2.24, 2.45) is 0 Å². The van der Waals surface area contributed by atoms with E-state index >= 15 is 0 Å². The average Bonchev–Trinajstić information content (AvgIpc) is 2.88. The highest BCUT2D eigenvalue weighted by molar-refractivity contribution is 7.07. The van der Waals surface area contributed by atoms with Gasteiger partial charge in [-0.25, -0.2) is 4.79 Å². The zero-order valence-corrected chi connectivity index (χ0v) is 9.53. The molecule has 6 heteroatoms. The van der Waals surface area contributed by atoms with E-state index in [0.717, 1.165) is 5.56 Å². The number of nitrogens with two attached hydrogens (primary N) is 1. The van der Waals surface area contributed by atoms with Gasteiger partial charge in [-0.1, -0.05) is 0 Å². The van der Waals surface area contributed by atoms with Crippen LogP contribution in [-0.4, -0.2) is 22.9 Å². The van der Waals surface area contributed by atoms with Gasteiger partial charge >= 0.3 is 5.97 Å². The van der Waals surface area contributed by atoms with Crippen molar-refractivity contribution in [3.63, 3.8) is 0 Å². The summed E-state index contributed by atoms with van der Waals surface area (Å²) in [4.78, 5) is 11.3. The maximum Gasteiger partial charge on any atom is 0.360 e. The van der Waals surface area contributed by atoms with Crippen molar-refractivity contribution >= 4 is 23.0 Å². The Labute approximate surface area is 96.4 Å². The largest absolute Gasteiger partial charge is 0.464 e. The van der Waals surface area contributed by atoms with Crippen molar-refractivity contribution in [2.75, 3.05) is 12.8 Å². The highest BCUT2D eigenvalue weighted by Gasteiger charge is 2.14. The van der Waals surface area contributed by atoms with Crippen LogP contribution in [0.5, 0.6) is 0 Å². The van der Waals surface area contributed by atoms with E-state index in [-0.39, 0.29) is 5.69 Å². The van der Waals surface area contributed by atoms with E-state index in [4.69, 9.17) is 5.73 Å². The van der Waals surface area contributed by atoms with Gasteiger partial charge in [0.25, 0.3) is 0 Å². The van der Waals surface area contributed by atoms with E-state index in [1.165, 1.54) is 7.11 Å². The van der Waals surface area contributed by atoms with E-state index < -0.39 is 5.97 Å². The lowest BCUT2D eigenvalue weighted by atomic mass is 10.3. The molecule has 0 fully saturated rings. The number of carbonyl (C=O) groups excluding carboxylic acids is 1. The van der Waals surface area contributed by atoms with Gasteiger partial charge in [0, 0.05) is 6.20 Å². The number of anilines is 1. The van der Waals surface area contributed by atoms with Crippen LogP contribution in [0.25, 0.3) is 0 Å². The number of hydrogen-bond donors (Lipinski definition) is 1. The standard InChI is InChI=1S/C10H11N3O2S/c1-15-10(14)9-8(11)5-13(12-9)4-7-2-3-16-6-7/h2-3,5-6H,4,11H2,1H3. The van der Waals surface area contributed by atoms with Gasteiger partial charge in [0.1, 0.15) is 0 Å². The Balaban J connectivity index is 2.21. The maximum atomic E-state index is 11.3. The summed E-state index contributed by atoms with van der Waals surface area (Å²) in [7, 11) is 1.31. The monoisotopic (exact) mass is 237 g/mol. The molecule has 2 heterocycles. The molecule has 84 valence electrons. The first-order valence-electron chi connectivity index (χ1n) is 4.63. The number of thiophene rings is 1. The van der Waals surface area contributed by atoms with Crippen LogP contribution >= 0.6 is 11.3 Å². The Morgan fingerprint density at radius 3 is 3.12 bits per heavy atom. The summed E-state index contributed by atoms with van der Waals surface area (Å²) < 4.78 is 6.20. The predicted octanol–water partition coefficient (Wildman–Crippen LogP) is 1.36. The predicted molar refractivity (Wildman–Crippen MR) is 61.4 cm³/mol. The summed E-state index contributed by atoms with van der Waals surface area (Å²) in [6, 6.07) is 2.00. The first-order chi connectivity index (χ1) is 7.70. The molecule has 0 radical (unpaired) electrons. The zero-order valence-electron chi connectivity index (χ0n) is 8.71. The van der Waals surface area contributed by atoms with Crippen LogP contribution < -0.4 is 5.73 Å². The lowest BCUT2D eigenvalue weighted by Crippen LogP contribution is -2.06. The van der Waals surface area contributed by atoms with Crippen molar-refractivity contribution in [1.82, 2.24) is 9.78 Å². The molecule has 0 aliphatic carbocycles.